The number of carbonyl (C=O) groups is 1. The Labute approximate surface area is 241 Å². The van der Waals surface area contributed by atoms with Crippen LogP contribution in [0.2, 0.25) is 0 Å². The van der Waals surface area contributed by atoms with Crippen molar-refractivity contribution < 1.29 is 26.4 Å². The molecular weight excluding hydrogens is 553 g/mol. The zero-order chi connectivity index (χ0) is 29.9. The highest BCUT2D eigenvalue weighted by molar-refractivity contribution is 7.89. The molecule has 0 bridgehead atoms. The zero-order valence-electron chi connectivity index (χ0n) is 24.5. The van der Waals surface area contributed by atoms with Crippen LogP contribution < -0.4 is 0 Å². The Kier molecular flexibility index (Phi) is 7.94. The Morgan fingerprint density at radius 1 is 1.02 bits per heavy atom. The standard InChI is InChI=1S/C30H41F3N4O3S/c1-18-6-7-21(19(2)10-18)13-26(38)24-15-36(41(39,40)17-30(31,32)33)16-25(24)28-35-34-27(37(28)23-8-9-23)22-11-20(12-22)14-29(3,4)5/h6-7,10,20,22-25H,8-9,11-17H2,1-5H3/t20?,22?,24-,25-/m0/s1. The maximum atomic E-state index is 13.8. The number of halogens is 3. The van der Waals surface area contributed by atoms with Gasteiger partial charge in [0.2, 0.25) is 10.0 Å². The molecule has 226 valence electrons. The Hall–Kier alpha value is -2.27. The van der Waals surface area contributed by atoms with Crippen LogP contribution in [0.3, 0.4) is 0 Å². The number of aromatic nitrogens is 3. The summed E-state index contributed by atoms with van der Waals surface area (Å²) in [6.45, 7) is 10.1. The maximum Gasteiger partial charge on any atom is 0.404 e. The number of carbonyl (C=O) groups excluding carboxylic acids is 1. The monoisotopic (exact) mass is 594 g/mol. The van der Waals surface area contributed by atoms with Gasteiger partial charge in [-0.25, -0.2) is 12.7 Å². The van der Waals surface area contributed by atoms with Crippen molar-refractivity contribution in [3.05, 3.63) is 46.5 Å². The van der Waals surface area contributed by atoms with E-state index in [4.69, 9.17) is 0 Å². The van der Waals surface area contributed by atoms with E-state index in [1.54, 1.807) is 0 Å². The van der Waals surface area contributed by atoms with E-state index in [2.05, 4.69) is 35.5 Å². The van der Waals surface area contributed by atoms with Crippen LogP contribution in [-0.4, -0.2) is 58.3 Å². The molecule has 0 spiro atoms. The average Bonchev–Trinajstić information content (AvgIpc) is 3.37. The van der Waals surface area contributed by atoms with Gasteiger partial charge in [-0.1, -0.05) is 44.5 Å². The summed E-state index contributed by atoms with van der Waals surface area (Å²) in [6.07, 6.45) is 0.242. The number of sulfonamides is 1. The fraction of sp³-hybridized carbons (Fsp3) is 0.700. The van der Waals surface area contributed by atoms with Crippen molar-refractivity contribution in [3.8, 4) is 0 Å². The first-order valence-electron chi connectivity index (χ1n) is 14.6. The van der Waals surface area contributed by atoms with Crippen LogP contribution in [0.15, 0.2) is 18.2 Å². The summed E-state index contributed by atoms with van der Waals surface area (Å²) >= 11 is 0. The summed E-state index contributed by atoms with van der Waals surface area (Å²) in [5.41, 5.74) is 3.09. The molecule has 0 radical (unpaired) electrons. The van der Waals surface area contributed by atoms with E-state index in [0.29, 0.717) is 11.7 Å². The number of nitrogens with zero attached hydrogens (tertiary/aromatic N) is 4. The Bertz CT molecular complexity index is 1400. The number of Topliss-reactive ketones (excluding diaryl/α,β-unsaturated/α-hetero) is 1. The summed E-state index contributed by atoms with van der Waals surface area (Å²) < 4.78 is 68.2. The number of alkyl halides is 3. The first kappa shape index (κ1) is 30.2. The second-order valence-corrected chi connectivity index (χ2v) is 15.8. The molecule has 0 amide bonds. The largest absolute Gasteiger partial charge is 0.404 e. The van der Waals surface area contributed by atoms with Gasteiger partial charge in [0.1, 0.15) is 17.4 Å². The quantitative estimate of drug-likeness (QED) is 0.362. The lowest BCUT2D eigenvalue weighted by Crippen LogP contribution is -2.37. The molecule has 3 aliphatic rings. The number of hydrogen-bond donors (Lipinski definition) is 0. The van der Waals surface area contributed by atoms with Crippen molar-refractivity contribution in [2.75, 3.05) is 18.8 Å². The van der Waals surface area contributed by atoms with Crippen molar-refractivity contribution in [1.29, 1.82) is 0 Å². The van der Waals surface area contributed by atoms with Crippen molar-refractivity contribution >= 4 is 15.8 Å². The molecule has 1 aliphatic heterocycles. The molecule has 1 aromatic carbocycles. The molecule has 2 heterocycles. The average molecular weight is 595 g/mol. The number of ketones is 1. The highest BCUT2D eigenvalue weighted by Crippen LogP contribution is 2.50. The summed E-state index contributed by atoms with van der Waals surface area (Å²) in [7, 11) is -4.66. The normalized spacial score (nSPS) is 25.9. The fourth-order valence-corrected chi connectivity index (χ4v) is 8.15. The first-order valence-corrected chi connectivity index (χ1v) is 16.2. The number of rotatable bonds is 9. The molecule has 1 aromatic heterocycles. The number of aryl methyl sites for hydroxylation is 2. The minimum absolute atomic E-state index is 0.0853. The van der Waals surface area contributed by atoms with Crippen LogP contribution in [0.25, 0.3) is 0 Å². The van der Waals surface area contributed by atoms with Crippen molar-refractivity contribution in [1.82, 2.24) is 19.1 Å². The predicted molar refractivity (Wildman–Crippen MR) is 150 cm³/mol. The van der Waals surface area contributed by atoms with E-state index in [-0.39, 0.29) is 42.7 Å². The van der Waals surface area contributed by atoms with Gasteiger partial charge in [-0.05, 0) is 68.4 Å². The summed E-state index contributed by atoms with van der Waals surface area (Å²) in [5, 5.41) is 9.12. The number of benzene rings is 1. The van der Waals surface area contributed by atoms with Gasteiger partial charge in [-0.2, -0.15) is 13.2 Å². The third-order valence-electron chi connectivity index (χ3n) is 8.80. The second kappa shape index (κ2) is 10.8. The zero-order valence-corrected chi connectivity index (χ0v) is 25.4. The third-order valence-corrected chi connectivity index (χ3v) is 10.6. The van der Waals surface area contributed by atoms with Crippen molar-refractivity contribution in [2.24, 2.45) is 17.3 Å². The lowest BCUT2D eigenvalue weighted by atomic mass is 9.68. The van der Waals surface area contributed by atoms with Gasteiger partial charge in [-0.15, -0.1) is 10.2 Å². The maximum absolute atomic E-state index is 13.8. The molecule has 2 atom stereocenters. The van der Waals surface area contributed by atoms with E-state index in [1.807, 2.05) is 32.0 Å². The van der Waals surface area contributed by atoms with Gasteiger partial charge < -0.3 is 4.57 Å². The van der Waals surface area contributed by atoms with Gasteiger partial charge in [0.25, 0.3) is 0 Å². The molecular formula is C30H41F3N4O3S. The molecule has 41 heavy (non-hydrogen) atoms. The van der Waals surface area contributed by atoms with Crippen LogP contribution >= 0.6 is 0 Å². The topological polar surface area (TPSA) is 85.2 Å². The fourth-order valence-electron chi connectivity index (χ4n) is 6.78. The van der Waals surface area contributed by atoms with Crippen LogP contribution in [0.4, 0.5) is 13.2 Å². The van der Waals surface area contributed by atoms with Gasteiger partial charge >= 0.3 is 6.18 Å². The smallest absolute Gasteiger partial charge is 0.311 e. The molecule has 2 aromatic rings. The lowest BCUT2D eigenvalue weighted by molar-refractivity contribution is -0.122. The SMILES string of the molecule is Cc1ccc(CC(=O)[C@H]2CN(S(=O)(=O)CC(F)(F)F)C[C@@H]2c2nnc(C3CC(CC(C)(C)C)C3)n2C2CC2)c(C)c1. The van der Waals surface area contributed by atoms with E-state index < -0.39 is 33.8 Å². The van der Waals surface area contributed by atoms with Gasteiger partial charge in [0.15, 0.2) is 5.75 Å². The molecule has 7 nitrogen and oxygen atoms in total. The molecule has 11 heteroatoms. The molecule has 2 aliphatic carbocycles. The van der Waals surface area contributed by atoms with Gasteiger partial charge in [0, 0.05) is 43.3 Å². The Morgan fingerprint density at radius 3 is 2.27 bits per heavy atom. The minimum atomic E-state index is -4.87. The molecule has 0 N–H and O–H groups in total. The lowest BCUT2D eigenvalue weighted by Gasteiger charge is -2.38. The highest BCUT2D eigenvalue weighted by Gasteiger charge is 2.49. The molecule has 1 saturated heterocycles. The Morgan fingerprint density at radius 2 is 1.68 bits per heavy atom. The third kappa shape index (κ3) is 6.87. The number of hydrogen-bond acceptors (Lipinski definition) is 5. The van der Waals surface area contributed by atoms with Crippen LogP contribution in [-0.2, 0) is 21.2 Å². The van der Waals surface area contributed by atoms with Crippen LogP contribution in [0.5, 0.6) is 0 Å². The van der Waals surface area contributed by atoms with Crippen LogP contribution in [0, 0.1) is 31.1 Å². The second-order valence-electron chi connectivity index (χ2n) is 13.8. The summed E-state index contributed by atoms with van der Waals surface area (Å²) in [5.74, 6) is -1.30. The van der Waals surface area contributed by atoms with E-state index in [9.17, 15) is 26.4 Å². The predicted octanol–water partition coefficient (Wildman–Crippen LogP) is 5.88. The van der Waals surface area contributed by atoms with Gasteiger partial charge in [-0.3, -0.25) is 4.79 Å². The minimum Gasteiger partial charge on any atom is -0.311 e. The van der Waals surface area contributed by atoms with E-state index in [1.165, 1.54) is 0 Å². The Balaban J connectivity index is 1.44. The van der Waals surface area contributed by atoms with E-state index >= 15 is 0 Å². The van der Waals surface area contributed by atoms with Crippen LogP contribution in [0.1, 0.15) is 99.1 Å². The molecule has 3 fully saturated rings. The molecule has 2 saturated carbocycles. The highest BCUT2D eigenvalue weighted by atomic mass is 32.2. The summed E-state index contributed by atoms with van der Waals surface area (Å²) in [6, 6.07) is 5.98. The molecule has 0 unspecified atom stereocenters. The van der Waals surface area contributed by atoms with Crippen molar-refractivity contribution in [2.45, 2.75) is 97.2 Å². The van der Waals surface area contributed by atoms with Crippen molar-refractivity contribution in [3.63, 3.8) is 0 Å². The first-order chi connectivity index (χ1) is 19.0. The van der Waals surface area contributed by atoms with E-state index in [0.717, 1.165) is 58.9 Å². The summed E-state index contributed by atoms with van der Waals surface area (Å²) in [4.78, 5) is 13.8. The molecule has 5 rings (SSSR count). The van der Waals surface area contributed by atoms with Gasteiger partial charge in [0.05, 0.1) is 0 Å².